The van der Waals surface area contributed by atoms with Gasteiger partial charge in [-0.3, -0.25) is 4.98 Å². The van der Waals surface area contributed by atoms with Crippen molar-refractivity contribution in [1.29, 1.82) is 0 Å². The van der Waals surface area contributed by atoms with E-state index in [-0.39, 0.29) is 13.2 Å². The molecule has 11 heavy (non-hydrogen) atoms. The first-order chi connectivity index (χ1) is 5.27. The predicted octanol–water partition coefficient (Wildman–Crippen LogP) is 0.829. The number of aliphatic hydroxyl groups excluding tert-OH is 2. The van der Waals surface area contributed by atoms with Gasteiger partial charge in [-0.05, 0) is 22.0 Å². The second-order valence-electron chi connectivity index (χ2n) is 2.08. The first kappa shape index (κ1) is 8.64. The van der Waals surface area contributed by atoms with Crippen LogP contribution >= 0.6 is 15.9 Å². The number of nitrogens with zero attached hydrogens (tertiary/aromatic N) is 1. The minimum atomic E-state index is -0.136. The van der Waals surface area contributed by atoms with Gasteiger partial charge < -0.3 is 10.2 Å². The number of aliphatic hydroxyl groups is 2. The molecule has 1 aromatic rings. The lowest BCUT2D eigenvalue weighted by Gasteiger charge is -2.02. The standard InChI is InChI=1S/C7H8BrNO2/c8-6-1-5(3-10)7(4-11)9-2-6/h1-2,10-11H,3-4H2. The van der Waals surface area contributed by atoms with Crippen LogP contribution in [0.1, 0.15) is 11.3 Å². The van der Waals surface area contributed by atoms with Gasteiger partial charge in [0.25, 0.3) is 0 Å². The Balaban J connectivity index is 3.06. The lowest BCUT2D eigenvalue weighted by molar-refractivity contribution is 0.255. The van der Waals surface area contributed by atoms with E-state index in [4.69, 9.17) is 10.2 Å². The monoisotopic (exact) mass is 217 g/mol. The molecule has 0 unspecified atom stereocenters. The van der Waals surface area contributed by atoms with E-state index in [9.17, 15) is 0 Å². The maximum absolute atomic E-state index is 8.80. The zero-order valence-corrected chi connectivity index (χ0v) is 7.37. The Morgan fingerprint density at radius 2 is 2.09 bits per heavy atom. The minimum absolute atomic E-state index is 0.0949. The SMILES string of the molecule is OCc1cc(Br)cnc1CO. The summed E-state index contributed by atoms with van der Waals surface area (Å²) in [4.78, 5) is 3.91. The van der Waals surface area contributed by atoms with Gasteiger partial charge in [0.1, 0.15) is 0 Å². The van der Waals surface area contributed by atoms with Crippen LogP contribution in [0.15, 0.2) is 16.7 Å². The van der Waals surface area contributed by atoms with Crippen molar-refractivity contribution in [3.8, 4) is 0 Å². The lowest BCUT2D eigenvalue weighted by Crippen LogP contribution is -1.96. The van der Waals surface area contributed by atoms with Crippen molar-refractivity contribution in [3.63, 3.8) is 0 Å². The number of aromatic nitrogens is 1. The normalized spacial score (nSPS) is 10.1. The van der Waals surface area contributed by atoms with Gasteiger partial charge in [0.15, 0.2) is 0 Å². The quantitative estimate of drug-likeness (QED) is 0.772. The van der Waals surface area contributed by atoms with E-state index in [0.29, 0.717) is 11.3 Å². The van der Waals surface area contributed by atoms with Crippen LogP contribution in [0.25, 0.3) is 0 Å². The van der Waals surface area contributed by atoms with E-state index in [0.717, 1.165) is 4.47 Å². The molecule has 2 N–H and O–H groups in total. The van der Waals surface area contributed by atoms with Gasteiger partial charge >= 0.3 is 0 Å². The van der Waals surface area contributed by atoms with E-state index in [2.05, 4.69) is 20.9 Å². The molecule has 1 heterocycles. The molecule has 0 saturated heterocycles. The fraction of sp³-hybridized carbons (Fsp3) is 0.286. The van der Waals surface area contributed by atoms with Crippen molar-refractivity contribution in [2.45, 2.75) is 13.2 Å². The Kier molecular flexibility index (Phi) is 2.99. The Morgan fingerprint density at radius 1 is 1.36 bits per heavy atom. The lowest BCUT2D eigenvalue weighted by atomic mass is 10.2. The molecule has 4 heteroatoms. The zero-order valence-electron chi connectivity index (χ0n) is 5.79. The molecule has 1 rings (SSSR count). The summed E-state index contributed by atoms with van der Waals surface area (Å²) in [6.07, 6.45) is 1.59. The summed E-state index contributed by atoms with van der Waals surface area (Å²) in [5.74, 6) is 0. The third kappa shape index (κ3) is 1.99. The van der Waals surface area contributed by atoms with Gasteiger partial charge in [-0.25, -0.2) is 0 Å². The fourth-order valence-corrected chi connectivity index (χ4v) is 1.17. The van der Waals surface area contributed by atoms with E-state index < -0.39 is 0 Å². The highest BCUT2D eigenvalue weighted by Crippen LogP contribution is 2.13. The summed E-state index contributed by atoms with van der Waals surface area (Å²) in [5, 5.41) is 17.6. The van der Waals surface area contributed by atoms with E-state index in [1.807, 2.05) is 0 Å². The topological polar surface area (TPSA) is 53.4 Å². The van der Waals surface area contributed by atoms with Crippen molar-refractivity contribution < 1.29 is 10.2 Å². The van der Waals surface area contributed by atoms with Crippen LogP contribution in [0.3, 0.4) is 0 Å². The highest BCUT2D eigenvalue weighted by atomic mass is 79.9. The zero-order chi connectivity index (χ0) is 8.27. The van der Waals surface area contributed by atoms with Crippen molar-refractivity contribution >= 4 is 15.9 Å². The molecule has 0 fully saturated rings. The molecule has 0 aliphatic rings. The Bertz CT molecular complexity index is 252. The summed E-state index contributed by atoms with van der Waals surface area (Å²) in [5.41, 5.74) is 1.18. The largest absolute Gasteiger partial charge is 0.392 e. The molecule has 0 aliphatic heterocycles. The first-order valence-electron chi connectivity index (χ1n) is 3.13. The van der Waals surface area contributed by atoms with Crippen LogP contribution in [0, 0.1) is 0 Å². The molecule has 1 aromatic heterocycles. The summed E-state index contributed by atoms with van der Waals surface area (Å²) in [6, 6.07) is 1.73. The van der Waals surface area contributed by atoms with Gasteiger partial charge in [-0.15, -0.1) is 0 Å². The summed E-state index contributed by atoms with van der Waals surface area (Å²) < 4.78 is 0.804. The Labute approximate surface area is 72.8 Å². The van der Waals surface area contributed by atoms with E-state index >= 15 is 0 Å². The van der Waals surface area contributed by atoms with Crippen LogP contribution in [0.5, 0.6) is 0 Å². The van der Waals surface area contributed by atoms with E-state index in [1.165, 1.54) is 0 Å². The van der Waals surface area contributed by atoms with Crippen LogP contribution in [0.4, 0.5) is 0 Å². The molecule has 0 bridgehead atoms. The molecule has 3 nitrogen and oxygen atoms in total. The third-order valence-electron chi connectivity index (χ3n) is 1.35. The number of hydrogen-bond donors (Lipinski definition) is 2. The highest BCUT2D eigenvalue weighted by molar-refractivity contribution is 9.10. The molecule has 60 valence electrons. The predicted molar refractivity (Wildman–Crippen MR) is 43.8 cm³/mol. The fourth-order valence-electron chi connectivity index (χ4n) is 0.789. The second-order valence-corrected chi connectivity index (χ2v) is 2.99. The molecule has 0 spiro atoms. The molecule has 0 radical (unpaired) electrons. The second kappa shape index (κ2) is 3.80. The smallest absolute Gasteiger partial charge is 0.0856 e. The maximum atomic E-state index is 8.80. The third-order valence-corrected chi connectivity index (χ3v) is 1.78. The van der Waals surface area contributed by atoms with Gasteiger partial charge in [-0.2, -0.15) is 0 Å². The molecular weight excluding hydrogens is 210 g/mol. The Morgan fingerprint density at radius 3 is 2.64 bits per heavy atom. The van der Waals surface area contributed by atoms with Crippen LogP contribution < -0.4 is 0 Å². The molecule has 0 amide bonds. The van der Waals surface area contributed by atoms with Crippen molar-refractivity contribution in [1.82, 2.24) is 4.98 Å². The summed E-state index contributed by atoms with van der Waals surface area (Å²) in [6.45, 7) is -0.231. The summed E-state index contributed by atoms with van der Waals surface area (Å²) in [7, 11) is 0. The number of rotatable bonds is 2. The minimum Gasteiger partial charge on any atom is -0.392 e. The number of halogens is 1. The van der Waals surface area contributed by atoms with Gasteiger partial charge in [0.2, 0.25) is 0 Å². The van der Waals surface area contributed by atoms with E-state index in [1.54, 1.807) is 12.3 Å². The van der Waals surface area contributed by atoms with Gasteiger partial charge in [-0.1, -0.05) is 0 Å². The van der Waals surface area contributed by atoms with Crippen LogP contribution in [-0.2, 0) is 13.2 Å². The van der Waals surface area contributed by atoms with Crippen LogP contribution in [-0.4, -0.2) is 15.2 Å². The number of pyridine rings is 1. The average Bonchev–Trinajstić information content (AvgIpc) is 2.04. The van der Waals surface area contributed by atoms with Crippen molar-refractivity contribution in [2.75, 3.05) is 0 Å². The summed E-state index contributed by atoms with van der Waals surface area (Å²) >= 11 is 3.21. The molecule has 0 atom stereocenters. The number of hydrogen-bond acceptors (Lipinski definition) is 3. The van der Waals surface area contributed by atoms with Gasteiger partial charge in [0.05, 0.1) is 18.9 Å². The van der Waals surface area contributed by atoms with Crippen LogP contribution in [0.2, 0.25) is 0 Å². The highest BCUT2D eigenvalue weighted by Gasteiger charge is 2.01. The molecule has 0 aromatic carbocycles. The molecule has 0 saturated carbocycles. The molecule has 0 aliphatic carbocycles. The molecular formula is C7H8BrNO2. The maximum Gasteiger partial charge on any atom is 0.0856 e. The van der Waals surface area contributed by atoms with Gasteiger partial charge in [0, 0.05) is 16.2 Å². The Hall–Kier alpha value is -0.450. The van der Waals surface area contributed by atoms with Crippen molar-refractivity contribution in [2.24, 2.45) is 0 Å². The first-order valence-corrected chi connectivity index (χ1v) is 3.92. The average molecular weight is 218 g/mol. The van der Waals surface area contributed by atoms with Crippen molar-refractivity contribution in [3.05, 3.63) is 28.0 Å².